The number of primary amides is 1. The Bertz CT molecular complexity index is 1710. The number of pyridine rings is 2. The van der Waals surface area contributed by atoms with Gasteiger partial charge >= 0.3 is 6.36 Å². The summed E-state index contributed by atoms with van der Waals surface area (Å²) in [6.45, 7) is 2.21. The lowest BCUT2D eigenvalue weighted by Gasteiger charge is -2.13. The quantitative estimate of drug-likeness (QED) is 0.111. The second kappa shape index (κ2) is 14.1. The minimum atomic E-state index is -4.77. The zero-order valence-corrected chi connectivity index (χ0v) is 23.7. The molecule has 5 rings (SSSR count). The number of hydrogen-bond donors (Lipinski definition) is 3. The average Bonchev–Trinajstić information content (AvgIpc) is 3.49. The Hall–Kier alpha value is -4.75. The van der Waals surface area contributed by atoms with Gasteiger partial charge < -0.3 is 25.3 Å². The number of nitrogens with two attached hydrogens (primary N) is 1. The van der Waals surface area contributed by atoms with Gasteiger partial charge in [0.1, 0.15) is 12.4 Å². The van der Waals surface area contributed by atoms with Crippen molar-refractivity contribution in [2.75, 3.05) is 26.4 Å². The van der Waals surface area contributed by atoms with Gasteiger partial charge in [-0.15, -0.1) is 13.2 Å². The van der Waals surface area contributed by atoms with E-state index in [9.17, 15) is 18.0 Å². The number of aromatic amines is 1. The molecule has 5 aromatic rings. The number of aromatic nitrogens is 4. The van der Waals surface area contributed by atoms with Crippen molar-refractivity contribution in [3.63, 3.8) is 0 Å². The van der Waals surface area contributed by atoms with Gasteiger partial charge in [0.2, 0.25) is 11.8 Å². The number of fused-ring (bicyclic) bond motifs is 3. The fourth-order valence-electron chi connectivity index (χ4n) is 4.80. The number of nitrogens with one attached hydrogen (secondary N) is 2. The number of nitrogens with zero attached hydrogens (tertiary/aromatic N) is 3. The maximum atomic E-state index is 12.8. The van der Waals surface area contributed by atoms with E-state index in [1.54, 1.807) is 43.0 Å². The molecule has 0 aliphatic heterocycles. The van der Waals surface area contributed by atoms with Crippen molar-refractivity contribution in [2.24, 2.45) is 5.73 Å². The number of alkyl halides is 3. The van der Waals surface area contributed by atoms with E-state index in [2.05, 4.69) is 30.2 Å². The molecule has 0 aliphatic rings. The number of ether oxygens (including phenoxy) is 3. The molecule has 13 heteroatoms. The molecule has 230 valence electrons. The summed E-state index contributed by atoms with van der Waals surface area (Å²) >= 11 is 0. The van der Waals surface area contributed by atoms with E-state index in [-0.39, 0.29) is 12.4 Å². The highest BCUT2D eigenvalue weighted by atomic mass is 19.4. The molecule has 4 N–H and O–H groups in total. The number of benzene rings is 2. The third-order valence-electron chi connectivity index (χ3n) is 6.76. The SMILES string of the molecule is NC(=O)c1ccc2c(c1)nc(OCCOCCCCNCc1cc(Cc3cn[nH]c3)cc(OC(F)(F)F)c1)c1ccncc12. The predicted octanol–water partition coefficient (Wildman–Crippen LogP) is 5.06. The summed E-state index contributed by atoms with van der Waals surface area (Å²) in [6, 6.07) is 11.6. The fourth-order valence-corrected chi connectivity index (χ4v) is 4.80. The van der Waals surface area contributed by atoms with Crippen LogP contribution in [0.5, 0.6) is 11.6 Å². The number of H-pyrrole nitrogens is 1. The van der Waals surface area contributed by atoms with E-state index in [4.69, 9.17) is 15.2 Å². The highest BCUT2D eigenvalue weighted by Crippen LogP contribution is 2.31. The van der Waals surface area contributed by atoms with Crippen LogP contribution in [0.25, 0.3) is 21.7 Å². The summed E-state index contributed by atoms with van der Waals surface area (Å²) in [6.07, 6.45) is 3.99. The van der Waals surface area contributed by atoms with Crippen molar-refractivity contribution >= 4 is 27.6 Å². The Balaban J connectivity index is 1.05. The van der Waals surface area contributed by atoms with Crippen LogP contribution >= 0.6 is 0 Å². The second-order valence-corrected chi connectivity index (χ2v) is 10.1. The molecule has 0 unspecified atom stereocenters. The fraction of sp³-hybridized carbons (Fsp3) is 0.290. The van der Waals surface area contributed by atoms with E-state index < -0.39 is 12.3 Å². The van der Waals surface area contributed by atoms with Gasteiger partial charge in [0, 0.05) is 59.9 Å². The summed E-state index contributed by atoms with van der Waals surface area (Å²) in [7, 11) is 0. The van der Waals surface area contributed by atoms with Crippen LogP contribution in [0.15, 0.2) is 67.3 Å². The molecular weight excluding hydrogens is 577 g/mol. The van der Waals surface area contributed by atoms with Crippen molar-refractivity contribution in [3.8, 4) is 11.6 Å². The topological polar surface area (TPSA) is 137 Å². The van der Waals surface area contributed by atoms with E-state index in [1.807, 2.05) is 12.1 Å². The van der Waals surface area contributed by atoms with Gasteiger partial charge in [-0.25, -0.2) is 4.98 Å². The van der Waals surface area contributed by atoms with Crippen molar-refractivity contribution in [2.45, 2.75) is 32.2 Å². The monoisotopic (exact) mass is 608 g/mol. The zero-order valence-electron chi connectivity index (χ0n) is 23.7. The smallest absolute Gasteiger partial charge is 0.475 e. The molecule has 1 amide bonds. The Kier molecular flexibility index (Phi) is 9.87. The first-order valence-electron chi connectivity index (χ1n) is 14.0. The largest absolute Gasteiger partial charge is 0.573 e. The van der Waals surface area contributed by atoms with Gasteiger partial charge in [-0.2, -0.15) is 5.10 Å². The van der Waals surface area contributed by atoms with Crippen LogP contribution in [0.4, 0.5) is 13.2 Å². The number of carbonyl (C=O) groups excluding carboxylic acids is 1. The number of hydrogen-bond acceptors (Lipinski definition) is 8. The maximum absolute atomic E-state index is 12.8. The summed E-state index contributed by atoms with van der Waals surface area (Å²) in [5, 5.41) is 12.3. The molecule has 3 aromatic heterocycles. The second-order valence-electron chi connectivity index (χ2n) is 10.1. The summed E-state index contributed by atoms with van der Waals surface area (Å²) < 4.78 is 54.3. The van der Waals surface area contributed by atoms with Crippen LogP contribution < -0.4 is 20.5 Å². The van der Waals surface area contributed by atoms with Crippen molar-refractivity contribution in [1.29, 1.82) is 0 Å². The number of rotatable bonds is 15. The molecule has 44 heavy (non-hydrogen) atoms. The lowest BCUT2D eigenvalue weighted by atomic mass is 10.0. The molecular formula is C31H31F3N6O4. The van der Waals surface area contributed by atoms with Gasteiger partial charge in [-0.1, -0.05) is 12.1 Å². The average molecular weight is 609 g/mol. The molecule has 3 heterocycles. The van der Waals surface area contributed by atoms with Crippen LogP contribution in [0, 0.1) is 0 Å². The number of unbranched alkanes of at least 4 members (excludes halogenated alkanes) is 1. The van der Waals surface area contributed by atoms with Crippen LogP contribution in [0.1, 0.15) is 39.9 Å². The molecule has 0 saturated carbocycles. The predicted molar refractivity (Wildman–Crippen MR) is 157 cm³/mol. The van der Waals surface area contributed by atoms with E-state index >= 15 is 0 Å². The Morgan fingerprint density at radius 2 is 1.80 bits per heavy atom. The van der Waals surface area contributed by atoms with Crippen molar-refractivity contribution < 1.29 is 32.2 Å². The maximum Gasteiger partial charge on any atom is 0.573 e. The van der Waals surface area contributed by atoms with Crippen LogP contribution in [-0.2, 0) is 17.7 Å². The highest BCUT2D eigenvalue weighted by molar-refractivity contribution is 6.09. The standard InChI is InChI=1S/C31H31F3N6O4/c32-31(33,34)44-24-13-20(12-22-17-38-39-18-22)11-21(14-24)16-36-6-1-2-8-42-9-10-43-30-26-5-7-37-19-27(26)25-4-3-23(29(35)41)15-28(25)40-30/h3-5,7,11,13-15,17-19,36H,1-2,6,8-10,12,16H2,(H2,35,41)(H,38,39). The van der Waals surface area contributed by atoms with Gasteiger partial charge in [-0.05, 0) is 66.4 Å². The third-order valence-corrected chi connectivity index (χ3v) is 6.76. The minimum absolute atomic E-state index is 0.245. The minimum Gasteiger partial charge on any atom is -0.475 e. The first-order chi connectivity index (χ1) is 21.2. The molecule has 0 radical (unpaired) electrons. The number of halogens is 3. The first kappa shape index (κ1) is 30.7. The van der Waals surface area contributed by atoms with E-state index in [0.29, 0.717) is 60.8 Å². The lowest BCUT2D eigenvalue weighted by Crippen LogP contribution is -2.18. The Labute approximate surface area is 250 Å². The lowest BCUT2D eigenvalue weighted by molar-refractivity contribution is -0.274. The Morgan fingerprint density at radius 1 is 0.932 bits per heavy atom. The molecule has 0 bridgehead atoms. The molecule has 2 aromatic carbocycles. The summed E-state index contributed by atoms with van der Waals surface area (Å²) in [4.78, 5) is 20.4. The van der Waals surface area contributed by atoms with Crippen LogP contribution in [0.2, 0.25) is 0 Å². The summed E-state index contributed by atoms with van der Waals surface area (Å²) in [5.74, 6) is -0.363. The van der Waals surface area contributed by atoms with Gasteiger partial charge in [-0.3, -0.25) is 14.9 Å². The number of carbonyl (C=O) groups is 1. The Morgan fingerprint density at radius 3 is 2.59 bits per heavy atom. The zero-order chi connectivity index (χ0) is 30.9. The first-order valence-corrected chi connectivity index (χ1v) is 14.0. The van der Waals surface area contributed by atoms with E-state index in [0.717, 1.165) is 34.6 Å². The molecule has 0 fully saturated rings. The number of amides is 1. The highest BCUT2D eigenvalue weighted by Gasteiger charge is 2.31. The molecule has 0 aliphatic carbocycles. The van der Waals surface area contributed by atoms with E-state index in [1.165, 1.54) is 12.1 Å². The van der Waals surface area contributed by atoms with Gasteiger partial charge in [0.25, 0.3) is 0 Å². The molecule has 0 atom stereocenters. The molecule has 0 spiro atoms. The van der Waals surface area contributed by atoms with Crippen LogP contribution in [-0.4, -0.2) is 58.8 Å². The third kappa shape index (κ3) is 8.42. The van der Waals surface area contributed by atoms with Crippen molar-refractivity contribution in [3.05, 3.63) is 89.5 Å². The normalized spacial score (nSPS) is 11.7. The van der Waals surface area contributed by atoms with Crippen molar-refractivity contribution in [1.82, 2.24) is 25.5 Å². The van der Waals surface area contributed by atoms with Gasteiger partial charge in [0.05, 0.1) is 18.3 Å². The summed E-state index contributed by atoms with van der Waals surface area (Å²) in [5.41, 5.74) is 8.61. The van der Waals surface area contributed by atoms with Crippen LogP contribution in [0.3, 0.4) is 0 Å². The molecule has 0 saturated heterocycles. The molecule has 10 nitrogen and oxygen atoms in total. The van der Waals surface area contributed by atoms with Gasteiger partial charge in [0.15, 0.2) is 0 Å².